The number of ketones is 1. The molecule has 0 heterocycles. The first-order valence-corrected chi connectivity index (χ1v) is 15.8. The summed E-state index contributed by atoms with van der Waals surface area (Å²) >= 11 is 0. The second-order valence-electron chi connectivity index (χ2n) is 12.0. The summed E-state index contributed by atoms with van der Waals surface area (Å²) in [7, 11) is -3.76. The van der Waals surface area contributed by atoms with E-state index in [1.165, 1.54) is 11.1 Å². The van der Waals surface area contributed by atoms with E-state index in [-0.39, 0.29) is 23.0 Å². The van der Waals surface area contributed by atoms with Crippen LogP contribution in [0.5, 0.6) is 0 Å². The van der Waals surface area contributed by atoms with Gasteiger partial charge in [0.2, 0.25) is 10.0 Å². The summed E-state index contributed by atoms with van der Waals surface area (Å²) in [5.74, 6) is 2.11. The number of rotatable bonds is 9. The van der Waals surface area contributed by atoms with Crippen LogP contribution in [-0.4, -0.2) is 38.0 Å². The van der Waals surface area contributed by atoms with Crippen molar-refractivity contribution < 1.29 is 18.3 Å². The highest BCUT2D eigenvalue weighted by molar-refractivity contribution is 7.89. The lowest BCUT2D eigenvalue weighted by Crippen LogP contribution is -2.49. The van der Waals surface area contributed by atoms with Crippen molar-refractivity contribution in [2.45, 2.75) is 95.0 Å². The fourth-order valence-corrected chi connectivity index (χ4v) is 8.84. The van der Waals surface area contributed by atoms with E-state index < -0.39 is 16.1 Å². The van der Waals surface area contributed by atoms with Gasteiger partial charge in [-0.05, 0) is 98.6 Å². The minimum atomic E-state index is -3.76. The third-order valence-corrected chi connectivity index (χ3v) is 11.2. The van der Waals surface area contributed by atoms with Gasteiger partial charge in [0.05, 0.1) is 17.5 Å². The molecule has 2 fully saturated rings. The second-order valence-corrected chi connectivity index (χ2v) is 13.7. The Balaban J connectivity index is 1.33. The molecule has 0 bridgehead atoms. The number of carbonyl (C=O) groups excluding carboxylic acids is 1. The fraction of sp³-hybridized carbons (Fsp3) is 0.581. The van der Waals surface area contributed by atoms with Crippen molar-refractivity contribution in [2.24, 2.45) is 17.3 Å². The molecule has 0 saturated heterocycles. The first kappa shape index (κ1) is 27.4. The van der Waals surface area contributed by atoms with Gasteiger partial charge in [-0.3, -0.25) is 4.79 Å². The minimum absolute atomic E-state index is 0.112. The highest BCUT2D eigenvalue weighted by Crippen LogP contribution is 2.59. The van der Waals surface area contributed by atoms with Crippen LogP contribution in [0.25, 0.3) is 0 Å². The Morgan fingerprint density at radius 3 is 2.53 bits per heavy atom. The van der Waals surface area contributed by atoms with Crippen LogP contribution in [0.4, 0.5) is 5.69 Å². The third-order valence-electron chi connectivity index (χ3n) is 9.71. The molecule has 6 atom stereocenters. The smallest absolute Gasteiger partial charge is 0.240 e. The van der Waals surface area contributed by atoms with Crippen LogP contribution in [0.2, 0.25) is 0 Å². The van der Waals surface area contributed by atoms with E-state index in [0.29, 0.717) is 23.5 Å². The molecule has 2 saturated carbocycles. The Morgan fingerprint density at radius 2 is 1.82 bits per heavy atom. The maximum atomic E-state index is 13.1. The largest absolute Gasteiger partial charge is 0.395 e. The number of anilines is 1. The van der Waals surface area contributed by atoms with Crippen molar-refractivity contribution in [3.05, 3.63) is 59.2 Å². The number of aliphatic hydroxyl groups excluding tert-OH is 1. The molecule has 0 aromatic heterocycles. The molecule has 3 aliphatic rings. The summed E-state index contributed by atoms with van der Waals surface area (Å²) in [5, 5.41) is 13.8. The van der Waals surface area contributed by atoms with Gasteiger partial charge < -0.3 is 10.4 Å². The molecule has 3 aliphatic carbocycles. The first-order valence-electron chi connectivity index (χ1n) is 14.3. The number of Topliss-reactive ketones (excluding diaryl/α,β-unsaturated/α-hetero) is 1. The quantitative estimate of drug-likeness (QED) is 0.401. The maximum absolute atomic E-state index is 13.1. The van der Waals surface area contributed by atoms with Gasteiger partial charge in [0.15, 0.2) is 0 Å². The molecule has 0 amide bonds. The molecule has 38 heavy (non-hydrogen) atoms. The highest BCUT2D eigenvalue weighted by atomic mass is 32.2. The summed E-state index contributed by atoms with van der Waals surface area (Å²) in [4.78, 5) is 12.8. The Bertz CT molecular complexity index is 1280. The molecule has 0 unspecified atom stereocenters. The van der Waals surface area contributed by atoms with Crippen molar-refractivity contribution in [1.82, 2.24) is 4.72 Å². The van der Waals surface area contributed by atoms with E-state index >= 15 is 0 Å². The molecule has 6 nitrogen and oxygen atoms in total. The molecular weight excluding hydrogens is 496 g/mol. The summed E-state index contributed by atoms with van der Waals surface area (Å²) < 4.78 is 28.8. The lowest BCUT2D eigenvalue weighted by Gasteiger charge is -2.48. The van der Waals surface area contributed by atoms with Crippen LogP contribution in [0.3, 0.4) is 0 Å². The van der Waals surface area contributed by atoms with Crippen molar-refractivity contribution in [3.63, 3.8) is 0 Å². The van der Waals surface area contributed by atoms with E-state index in [9.17, 15) is 18.3 Å². The minimum Gasteiger partial charge on any atom is -0.395 e. The molecule has 5 rings (SSSR count). The second kappa shape index (κ2) is 10.7. The number of sulfonamides is 1. The van der Waals surface area contributed by atoms with Crippen LogP contribution in [0.1, 0.15) is 81.4 Å². The number of aliphatic hydroxyl groups is 1. The van der Waals surface area contributed by atoms with Gasteiger partial charge in [-0.2, -0.15) is 0 Å². The Labute approximate surface area is 227 Å². The highest BCUT2D eigenvalue weighted by Gasteiger charge is 2.54. The topological polar surface area (TPSA) is 95.5 Å². The molecule has 3 N–H and O–H groups in total. The van der Waals surface area contributed by atoms with Crippen LogP contribution in [0, 0.1) is 24.2 Å². The van der Waals surface area contributed by atoms with E-state index in [2.05, 4.69) is 42.1 Å². The zero-order valence-electron chi connectivity index (χ0n) is 22.9. The van der Waals surface area contributed by atoms with Crippen molar-refractivity contribution in [2.75, 3.05) is 11.9 Å². The lowest BCUT2D eigenvalue weighted by molar-refractivity contribution is -0.129. The average molecular weight is 539 g/mol. The summed E-state index contributed by atoms with van der Waals surface area (Å²) in [6.45, 7) is 5.90. The summed E-state index contributed by atoms with van der Waals surface area (Å²) in [6.07, 6.45) is 7.58. The third kappa shape index (κ3) is 5.05. The molecule has 2 aromatic rings. The van der Waals surface area contributed by atoms with Gasteiger partial charge in [0.25, 0.3) is 0 Å². The number of nitrogens with one attached hydrogen (secondary N) is 2. The Morgan fingerprint density at radius 1 is 1.05 bits per heavy atom. The van der Waals surface area contributed by atoms with Crippen molar-refractivity contribution >= 4 is 21.5 Å². The predicted molar refractivity (Wildman–Crippen MR) is 151 cm³/mol. The lowest BCUT2D eigenvalue weighted by atomic mass is 9.55. The Kier molecular flexibility index (Phi) is 7.73. The summed E-state index contributed by atoms with van der Waals surface area (Å²) in [6, 6.07) is 12.4. The normalized spacial score (nSPS) is 28.2. The number of aryl methyl sites for hydroxylation is 2. The molecule has 0 radical (unpaired) electrons. The zero-order valence-corrected chi connectivity index (χ0v) is 23.7. The number of benzene rings is 2. The summed E-state index contributed by atoms with van der Waals surface area (Å²) in [5.41, 5.74) is 4.63. The number of hydrogen-bond acceptors (Lipinski definition) is 5. The van der Waals surface area contributed by atoms with Crippen LogP contribution in [0.15, 0.2) is 47.4 Å². The molecule has 7 heteroatoms. The number of carbonyl (C=O) groups is 1. The van der Waals surface area contributed by atoms with Crippen LogP contribution in [-0.2, 0) is 21.2 Å². The van der Waals surface area contributed by atoms with Gasteiger partial charge in [0, 0.05) is 23.6 Å². The van der Waals surface area contributed by atoms with Gasteiger partial charge >= 0.3 is 0 Å². The molecular formula is C31H42N2O4S. The molecule has 2 aromatic carbocycles. The van der Waals surface area contributed by atoms with Crippen molar-refractivity contribution in [1.29, 1.82) is 0 Å². The van der Waals surface area contributed by atoms with Crippen LogP contribution < -0.4 is 10.0 Å². The molecule has 0 spiro atoms. The fourth-order valence-electron chi connectivity index (χ4n) is 7.57. The van der Waals surface area contributed by atoms with Gasteiger partial charge in [0.1, 0.15) is 5.78 Å². The average Bonchev–Trinajstić information content (AvgIpc) is 3.21. The molecule has 0 aliphatic heterocycles. The van der Waals surface area contributed by atoms with Crippen LogP contribution >= 0.6 is 0 Å². The maximum Gasteiger partial charge on any atom is 0.240 e. The first-order chi connectivity index (χ1) is 18.2. The van der Waals surface area contributed by atoms with Gasteiger partial charge in [-0.15, -0.1) is 0 Å². The van der Waals surface area contributed by atoms with Crippen molar-refractivity contribution in [3.8, 4) is 0 Å². The number of fused-ring (bicyclic) bond motifs is 5. The van der Waals surface area contributed by atoms with E-state index in [1.807, 2.05) is 6.92 Å². The Hall–Kier alpha value is -2.22. The predicted octanol–water partition coefficient (Wildman–Crippen LogP) is 5.34. The van der Waals surface area contributed by atoms with Gasteiger partial charge in [-0.25, -0.2) is 13.1 Å². The number of hydrogen-bond donors (Lipinski definition) is 3. The monoisotopic (exact) mass is 538 g/mol. The van der Waals surface area contributed by atoms with Gasteiger partial charge in [-0.1, -0.05) is 44.0 Å². The molecule has 206 valence electrons. The SMILES string of the molecule is CCC[C@@H](Nc1ccc2c(c1)CC[C@@H]1[C@@H]2CC[C@]2(C)C(=O)CC[C@@H]12)[C@H](CO)NS(=O)(=O)c1ccc(C)cc1. The zero-order chi connectivity index (χ0) is 27.1. The standard InChI is InChI=1S/C31H42N2O4S/c1-4-5-28(29(19-34)33-38(36,37)23-10-6-20(2)7-11-23)32-22-9-13-24-21(18-22)8-12-26-25(24)16-17-31(3)27(26)14-15-30(31)35/h6-7,9-11,13,18,25-29,32-34H,4-5,8,12,14-17,19H2,1-3H3/t25-,26-,27+,28-,29+,31+/m1/s1. The van der Waals surface area contributed by atoms with E-state index in [0.717, 1.165) is 62.6 Å². The van der Waals surface area contributed by atoms with E-state index in [4.69, 9.17) is 0 Å². The van der Waals surface area contributed by atoms with E-state index in [1.54, 1.807) is 24.3 Å².